The molecule has 172 valence electrons. The highest BCUT2D eigenvalue weighted by Crippen LogP contribution is 2.44. The topological polar surface area (TPSA) is 86.8 Å². The minimum Gasteiger partial charge on any atom is -0.497 e. The average Bonchev–Trinajstić information content (AvgIpc) is 3.26. The maximum absolute atomic E-state index is 13.3. The molecule has 0 atom stereocenters. The normalized spacial score (nSPS) is 14.2. The molecule has 1 aromatic heterocycles. The first kappa shape index (κ1) is 22.7. The molecule has 1 amide bonds. The minimum absolute atomic E-state index is 0.365. The number of hydrogen-bond acceptors (Lipinski definition) is 7. The smallest absolute Gasteiger partial charge is 0.317 e. The van der Waals surface area contributed by atoms with Crippen molar-refractivity contribution < 1.29 is 28.2 Å². The second-order valence-electron chi connectivity index (χ2n) is 7.67. The van der Waals surface area contributed by atoms with Gasteiger partial charge in [-0.2, -0.15) is 0 Å². The van der Waals surface area contributed by atoms with Crippen LogP contribution in [-0.4, -0.2) is 37.7 Å². The Labute approximate surface area is 194 Å². The quantitative estimate of drug-likeness (QED) is 0.486. The molecule has 0 saturated heterocycles. The van der Waals surface area contributed by atoms with Gasteiger partial charge in [0.05, 0.1) is 25.3 Å². The summed E-state index contributed by atoms with van der Waals surface area (Å²) in [6, 6.07) is 11.2. The van der Waals surface area contributed by atoms with Crippen LogP contribution >= 0.6 is 11.3 Å². The van der Waals surface area contributed by atoms with Crippen LogP contribution in [0, 0.1) is 5.82 Å². The molecule has 0 unspecified atom stereocenters. The molecule has 1 aliphatic rings. The number of amides is 1. The van der Waals surface area contributed by atoms with Gasteiger partial charge in [0.2, 0.25) is 0 Å². The molecule has 1 heterocycles. The summed E-state index contributed by atoms with van der Waals surface area (Å²) in [4.78, 5) is 29.6. The lowest BCUT2D eigenvalue weighted by Crippen LogP contribution is -2.44. The maximum atomic E-state index is 13.3. The third-order valence-corrected chi connectivity index (χ3v) is 6.52. The number of anilines is 1. The molecule has 9 heteroatoms. The van der Waals surface area contributed by atoms with Gasteiger partial charge in [-0.05, 0) is 48.7 Å². The number of thiazole rings is 1. The van der Waals surface area contributed by atoms with E-state index >= 15 is 0 Å². The molecule has 0 radical (unpaired) electrons. The number of hydrogen-bond donors (Lipinski definition) is 1. The number of nitrogens with zero attached hydrogens (tertiary/aromatic N) is 1. The van der Waals surface area contributed by atoms with Gasteiger partial charge in [-0.1, -0.05) is 18.6 Å². The number of ether oxygens (including phenoxy) is 3. The molecule has 1 N–H and O–H groups in total. The number of halogens is 1. The fourth-order valence-corrected chi connectivity index (χ4v) is 4.53. The minimum atomic E-state index is -0.814. The van der Waals surface area contributed by atoms with Crippen molar-refractivity contribution in [2.24, 2.45) is 0 Å². The summed E-state index contributed by atoms with van der Waals surface area (Å²) in [5.74, 6) is -0.0517. The van der Waals surface area contributed by atoms with Crippen molar-refractivity contribution in [1.82, 2.24) is 4.98 Å². The van der Waals surface area contributed by atoms with Gasteiger partial charge in [-0.3, -0.25) is 14.9 Å². The second kappa shape index (κ2) is 9.58. The Morgan fingerprint density at radius 1 is 1.12 bits per heavy atom. The van der Waals surface area contributed by atoms with Gasteiger partial charge in [-0.25, -0.2) is 9.37 Å². The predicted molar refractivity (Wildman–Crippen MR) is 122 cm³/mol. The SMILES string of the molecule is COc1ccc(OC)c(-c2csc(NC(=O)COC(=O)C3(c4ccc(F)cc4)CCC3)n2)c1. The van der Waals surface area contributed by atoms with Gasteiger partial charge < -0.3 is 14.2 Å². The van der Waals surface area contributed by atoms with Crippen molar-refractivity contribution in [2.45, 2.75) is 24.7 Å². The lowest BCUT2D eigenvalue weighted by atomic mass is 9.64. The van der Waals surface area contributed by atoms with Gasteiger partial charge in [0.25, 0.3) is 5.91 Å². The summed E-state index contributed by atoms with van der Waals surface area (Å²) in [5.41, 5.74) is 1.24. The van der Waals surface area contributed by atoms with E-state index in [1.807, 2.05) is 0 Å². The summed E-state index contributed by atoms with van der Waals surface area (Å²) in [7, 11) is 3.14. The van der Waals surface area contributed by atoms with Crippen molar-refractivity contribution in [3.8, 4) is 22.8 Å². The highest BCUT2D eigenvalue weighted by molar-refractivity contribution is 7.14. The van der Waals surface area contributed by atoms with E-state index in [1.165, 1.54) is 23.5 Å². The number of esters is 1. The van der Waals surface area contributed by atoms with Crippen molar-refractivity contribution >= 4 is 28.3 Å². The van der Waals surface area contributed by atoms with Gasteiger partial charge in [-0.15, -0.1) is 11.3 Å². The fourth-order valence-electron chi connectivity index (χ4n) is 3.80. The highest BCUT2D eigenvalue weighted by atomic mass is 32.1. The Kier molecular flexibility index (Phi) is 6.60. The molecule has 7 nitrogen and oxygen atoms in total. The van der Waals surface area contributed by atoms with Crippen LogP contribution in [0.25, 0.3) is 11.3 Å². The number of carbonyl (C=O) groups is 2. The van der Waals surface area contributed by atoms with Crippen molar-refractivity contribution in [1.29, 1.82) is 0 Å². The Morgan fingerprint density at radius 3 is 2.52 bits per heavy atom. The third kappa shape index (κ3) is 4.68. The Bertz CT molecular complexity index is 1160. The molecule has 1 aliphatic carbocycles. The van der Waals surface area contributed by atoms with Crippen LogP contribution in [-0.2, 0) is 19.7 Å². The van der Waals surface area contributed by atoms with Gasteiger partial charge in [0.1, 0.15) is 17.3 Å². The van der Waals surface area contributed by atoms with Crippen molar-refractivity contribution in [3.05, 3.63) is 59.2 Å². The number of aromatic nitrogens is 1. The number of nitrogens with one attached hydrogen (secondary N) is 1. The first-order valence-corrected chi connectivity index (χ1v) is 11.2. The molecule has 1 saturated carbocycles. The van der Waals surface area contributed by atoms with E-state index in [-0.39, 0.29) is 5.82 Å². The van der Waals surface area contributed by atoms with Gasteiger partial charge in [0, 0.05) is 10.9 Å². The number of methoxy groups -OCH3 is 2. The summed E-state index contributed by atoms with van der Waals surface area (Å²) in [6.45, 7) is -0.431. The van der Waals surface area contributed by atoms with E-state index in [9.17, 15) is 14.0 Å². The first-order chi connectivity index (χ1) is 15.9. The van der Waals surface area contributed by atoms with Gasteiger partial charge in [0.15, 0.2) is 11.7 Å². The van der Waals surface area contributed by atoms with E-state index in [0.717, 1.165) is 12.0 Å². The van der Waals surface area contributed by atoms with Crippen LogP contribution in [0.1, 0.15) is 24.8 Å². The average molecular weight is 471 g/mol. The maximum Gasteiger partial charge on any atom is 0.317 e. The van der Waals surface area contributed by atoms with Crippen LogP contribution in [0.3, 0.4) is 0 Å². The zero-order valence-electron chi connectivity index (χ0n) is 18.2. The summed E-state index contributed by atoms with van der Waals surface area (Å²) in [5, 5.41) is 4.81. The van der Waals surface area contributed by atoms with Crippen LogP contribution in [0.4, 0.5) is 9.52 Å². The summed E-state index contributed by atoms with van der Waals surface area (Å²) < 4.78 is 29.2. The lowest BCUT2D eigenvalue weighted by Gasteiger charge is -2.39. The number of rotatable bonds is 8. The summed E-state index contributed by atoms with van der Waals surface area (Å²) in [6.07, 6.45) is 2.09. The largest absolute Gasteiger partial charge is 0.497 e. The van der Waals surface area contributed by atoms with E-state index in [2.05, 4.69) is 10.3 Å². The molecule has 1 fully saturated rings. The van der Waals surface area contributed by atoms with Crippen LogP contribution in [0.2, 0.25) is 0 Å². The first-order valence-electron chi connectivity index (χ1n) is 10.4. The van der Waals surface area contributed by atoms with E-state index < -0.39 is 23.9 Å². The van der Waals surface area contributed by atoms with E-state index in [0.29, 0.717) is 40.7 Å². The Hall–Kier alpha value is -3.46. The Morgan fingerprint density at radius 2 is 1.88 bits per heavy atom. The van der Waals surface area contributed by atoms with Crippen LogP contribution in [0.15, 0.2) is 47.8 Å². The lowest BCUT2D eigenvalue weighted by molar-refractivity contribution is -0.156. The molecule has 33 heavy (non-hydrogen) atoms. The molecule has 0 aliphatic heterocycles. The predicted octanol–water partition coefficient (Wildman–Crippen LogP) is 4.57. The fraction of sp³-hybridized carbons (Fsp3) is 0.292. The molecule has 3 aromatic rings. The highest BCUT2D eigenvalue weighted by Gasteiger charge is 2.47. The number of benzene rings is 2. The Balaban J connectivity index is 1.39. The molecule has 4 rings (SSSR count). The van der Waals surface area contributed by atoms with Crippen molar-refractivity contribution in [2.75, 3.05) is 26.1 Å². The van der Waals surface area contributed by atoms with Crippen LogP contribution in [0.5, 0.6) is 11.5 Å². The standard InChI is InChI=1S/C24H23FN2O5S/c1-30-17-8-9-20(31-2)18(12-17)19-14-33-23(26-19)27-21(28)13-32-22(29)24(10-3-11-24)15-4-6-16(25)7-5-15/h4-9,12,14H,3,10-11,13H2,1-2H3,(H,26,27,28). The molecular weight excluding hydrogens is 447 g/mol. The van der Waals surface area contributed by atoms with E-state index in [4.69, 9.17) is 14.2 Å². The monoisotopic (exact) mass is 470 g/mol. The zero-order valence-corrected chi connectivity index (χ0v) is 19.0. The van der Waals surface area contributed by atoms with Crippen LogP contribution < -0.4 is 14.8 Å². The third-order valence-electron chi connectivity index (χ3n) is 5.76. The molecule has 0 bridgehead atoms. The van der Waals surface area contributed by atoms with Crippen molar-refractivity contribution in [3.63, 3.8) is 0 Å². The second-order valence-corrected chi connectivity index (χ2v) is 8.53. The molecule has 2 aromatic carbocycles. The van der Waals surface area contributed by atoms with E-state index in [1.54, 1.807) is 49.9 Å². The number of carbonyl (C=O) groups excluding carboxylic acids is 2. The molecular formula is C24H23FN2O5S. The van der Waals surface area contributed by atoms with Gasteiger partial charge >= 0.3 is 5.97 Å². The zero-order chi connectivity index (χ0) is 23.4. The summed E-state index contributed by atoms with van der Waals surface area (Å²) >= 11 is 1.24. The molecule has 0 spiro atoms.